The summed E-state index contributed by atoms with van der Waals surface area (Å²) in [5, 5.41) is 3.14. The van der Waals surface area contributed by atoms with Gasteiger partial charge in [0.1, 0.15) is 5.75 Å². The van der Waals surface area contributed by atoms with E-state index in [0.717, 1.165) is 35.5 Å². The molecule has 34 heavy (non-hydrogen) atoms. The van der Waals surface area contributed by atoms with Gasteiger partial charge in [0.05, 0.1) is 18.8 Å². The van der Waals surface area contributed by atoms with Gasteiger partial charge in [-0.1, -0.05) is 18.2 Å². The molecular formula is C26H24N6O2. The first kappa shape index (κ1) is 21.5. The molecule has 3 heterocycles. The van der Waals surface area contributed by atoms with Crippen LogP contribution in [0.25, 0.3) is 11.4 Å². The van der Waals surface area contributed by atoms with Crippen LogP contribution in [0.5, 0.6) is 5.75 Å². The van der Waals surface area contributed by atoms with E-state index in [-0.39, 0.29) is 11.9 Å². The van der Waals surface area contributed by atoms with Crippen molar-refractivity contribution in [3.63, 3.8) is 0 Å². The standard InChI is InChI=1S/C26H24N6O2/c1-34-21-9-3-6-18(17-21)24-27-14-11-22(31-24)23-10-4-15-32(23)25(33)19-7-2-8-20(16-19)30-26-28-12-5-13-29-26/h2-3,5-9,11-14,16-17,23H,4,10,15H2,1H3,(H,28,29,30). The van der Waals surface area contributed by atoms with Crippen molar-refractivity contribution >= 4 is 17.5 Å². The third-order valence-corrected chi connectivity index (χ3v) is 5.79. The minimum Gasteiger partial charge on any atom is -0.497 e. The quantitative estimate of drug-likeness (QED) is 0.455. The SMILES string of the molecule is COc1cccc(-c2nccc(C3CCCN3C(=O)c3cccc(Nc4ncccn4)c3)n2)c1. The zero-order chi connectivity index (χ0) is 23.3. The second-order valence-electron chi connectivity index (χ2n) is 7.97. The average molecular weight is 453 g/mol. The fourth-order valence-electron chi connectivity index (χ4n) is 4.17. The van der Waals surface area contributed by atoms with E-state index in [9.17, 15) is 4.79 Å². The number of carbonyl (C=O) groups is 1. The Kier molecular flexibility index (Phi) is 6.11. The van der Waals surface area contributed by atoms with Crippen LogP contribution in [0.3, 0.4) is 0 Å². The highest BCUT2D eigenvalue weighted by atomic mass is 16.5. The zero-order valence-electron chi connectivity index (χ0n) is 18.8. The number of benzene rings is 2. The number of methoxy groups -OCH3 is 1. The van der Waals surface area contributed by atoms with Gasteiger partial charge in [-0.15, -0.1) is 0 Å². The molecule has 0 bridgehead atoms. The molecule has 1 atom stereocenters. The summed E-state index contributed by atoms with van der Waals surface area (Å²) >= 11 is 0. The second-order valence-corrected chi connectivity index (χ2v) is 7.97. The van der Waals surface area contributed by atoms with Gasteiger partial charge >= 0.3 is 0 Å². The summed E-state index contributed by atoms with van der Waals surface area (Å²) in [6, 6.07) is 18.6. The molecule has 0 aliphatic carbocycles. The molecule has 1 aliphatic heterocycles. The largest absolute Gasteiger partial charge is 0.497 e. The Morgan fingerprint density at radius 1 is 1.00 bits per heavy atom. The first-order chi connectivity index (χ1) is 16.7. The summed E-state index contributed by atoms with van der Waals surface area (Å²) in [4.78, 5) is 33.0. The van der Waals surface area contributed by atoms with Crippen molar-refractivity contribution in [1.82, 2.24) is 24.8 Å². The van der Waals surface area contributed by atoms with Crippen LogP contribution < -0.4 is 10.1 Å². The van der Waals surface area contributed by atoms with Gasteiger partial charge in [0, 0.05) is 41.9 Å². The molecule has 2 aromatic heterocycles. The number of hydrogen-bond donors (Lipinski definition) is 1. The van der Waals surface area contributed by atoms with Crippen molar-refractivity contribution < 1.29 is 9.53 Å². The molecule has 1 aliphatic rings. The normalized spacial score (nSPS) is 15.2. The maximum atomic E-state index is 13.5. The van der Waals surface area contributed by atoms with Crippen LogP contribution >= 0.6 is 0 Å². The molecule has 1 N–H and O–H groups in total. The lowest BCUT2D eigenvalue weighted by Gasteiger charge is -2.25. The van der Waals surface area contributed by atoms with Crippen molar-refractivity contribution in [1.29, 1.82) is 0 Å². The van der Waals surface area contributed by atoms with Crippen LogP contribution in [0, 0.1) is 0 Å². The maximum Gasteiger partial charge on any atom is 0.254 e. The summed E-state index contributed by atoms with van der Waals surface area (Å²) in [7, 11) is 1.63. The van der Waals surface area contributed by atoms with Crippen LogP contribution in [0.15, 0.2) is 79.3 Å². The lowest BCUT2D eigenvalue weighted by Crippen LogP contribution is -2.31. The molecule has 1 saturated heterocycles. The Morgan fingerprint density at radius 3 is 2.71 bits per heavy atom. The molecule has 0 spiro atoms. The summed E-state index contributed by atoms with van der Waals surface area (Å²) in [5.41, 5.74) is 3.08. The summed E-state index contributed by atoms with van der Waals surface area (Å²) in [6.45, 7) is 0.682. The van der Waals surface area contributed by atoms with Gasteiger partial charge in [-0.2, -0.15) is 0 Å². The second kappa shape index (κ2) is 9.66. The topological polar surface area (TPSA) is 93.1 Å². The van der Waals surface area contributed by atoms with Gasteiger partial charge < -0.3 is 15.0 Å². The van der Waals surface area contributed by atoms with E-state index in [1.54, 1.807) is 31.8 Å². The van der Waals surface area contributed by atoms with Gasteiger partial charge in [-0.25, -0.2) is 19.9 Å². The molecule has 1 fully saturated rings. The molecule has 5 rings (SSSR count). The number of aromatic nitrogens is 4. The molecule has 0 radical (unpaired) electrons. The molecular weight excluding hydrogens is 428 g/mol. The van der Waals surface area contributed by atoms with E-state index in [2.05, 4.69) is 20.3 Å². The van der Waals surface area contributed by atoms with Crippen molar-refractivity contribution in [3.05, 3.63) is 90.5 Å². The Hall–Kier alpha value is -4.33. The van der Waals surface area contributed by atoms with Crippen molar-refractivity contribution in [3.8, 4) is 17.1 Å². The third kappa shape index (κ3) is 4.56. The molecule has 2 aromatic carbocycles. The summed E-state index contributed by atoms with van der Waals surface area (Å²) in [5.74, 6) is 1.82. The van der Waals surface area contributed by atoms with E-state index < -0.39 is 0 Å². The van der Waals surface area contributed by atoms with Gasteiger partial charge in [-0.05, 0) is 55.3 Å². The van der Waals surface area contributed by atoms with Crippen molar-refractivity contribution in [2.24, 2.45) is 0 Å². The maximum absolute atomic E-state index is 13.5. The zero-order valence-corrected chi connectivity index (χ0v) is 18.8. The summed E-state index contributed by atoms with van der Waals surface area (Å²) < 4.78 is 5.33. The van der Waals surface area contributed by atoms with Crippen LogP contribution in [-0.4, -0.2) is 44.4 Å². The highest BCUT2D eigenvalue weighted by Gasteiger charge is 2.32. The lowest BCUT2D eigenvalue weighted by molar-refractivity contribution is 0.0733. The van der Waals surface area contributed by atoms with Crippen LogP contribution in [0.4, 0.5) is 11.6 Å². The van der Waals surface area contributed by atoms with Gasteiger partial charge in [0.15, 0.2) is 5.82 Å². The third-order valence-electron chi connectivity index (χ3n) is 5.79. The van der Waals surface area contributed by atoms with Crippen molar-refractivity contribution in [2.75, 3.05) is 19.0 Å². The van der Waals surface area contributed by atoms with Crippen LogP contribution in [-0.2, 0) is 0 Å². The monoisotopic (exact) mass is 452 g/mol. The predicted octanol–water partition coefficient (Wildman–Crippen LogP) is 4.66. The fourth-order valence-corrected chi connectivity index (χ4v) is 4.17. The molecule has 0 saturated carbocycles. The van der Waals surface area contributed by atoms with Gasteiger partial charge in [0.25, 0.3) is 5.91 Å². The van der Waals surface area contributed by atoms with E-state index >= 15 is 0 Å². The number of carbonyl (C=O) groups excluding carboxylic acids is 1. The number of hydrogen-bond acceptors (Lipinski definition) is 7. The smallest absolute Gasteiger partial charge is 0.254 e. The number of anilines is 2. The van der Waals surface area contributed by atoms with E-state index in [0.29, 0.717) is 23.9 Å². The van der Waals surface area contributed by atoms with E-state index in [1.807, 2.05) is 59.5 Å². The van der Waals surface area contributed by atoms with E-state index in [1.165, 1.54) is 0 Å². The molecule has 1 amide bonds. The Bertz CT molecular complexity index is 1300. The number of ether oxygens (including phenoxy) is 1. The Labute approximate surface area is 197 Å². The van der Waals surface area contributed by atoms with Gasteiger partial charge in [0.2, 0.25) is 5.95 Å². The average Bonchev–Trinajstić information content (AvgIpc) is 3.39. The van der Waals surface area contributed by atoms with Gasteiger partial charge in [-0.3, -0.25) is 4.79 Å². The molecule has 1 unspecified atom stereocenters. The number of likely N-dealkylation sites (tertiary alicyclic amines) is 1. The first-order valence-electron chi connectivity index (χ1n) is 11.1. The Balaban J connectivity index is 1.38. The van der Waals surface area contributed by atoms with Crippen LogP contribution in [0.1, 0.15) is 34.9 Å². The number of nitrogens with zero attached hydrogens (tertiary/aromatic N) is 5. The Morgan fingerprint density at radius 2 is 1.85 bits per heavy atom. The highest BCUT2D eigenvalue weighted by molar-refractivity contribution is 5.95. The minimum absolute atomic E-state index is 0.0262. The molecule has 170 valence electrons. The number of rotatable bonds is 6. The highest BCUT2D eigenvalue weighted by Crippen LogP contribution is 2.33. The molecule has 8 heteroatoms. The fraction of sp³-hybridized carbons (Fsp3) is 0.192. The molecule has 8 nitrogen and oxygen atoms in total. The summed E-state index contributed by atoms with van der Waals surface area (Å²) in [6.07, 6.45) is 6.87. The van der Waals surface area contributed by atoms with E-state index in [4.69, 9.17) is 9.72 Å². The number of amides is 1. The number of nitrogens with one attached hydrogen (secondary N) is 1. The lowest BCUT2D eigenvalue weighted by atomic mass is 10.1. The van der Waals surface area contributed by atoms with Crippen molar-refractivity contribution in [2.45, 2.75) is 18.9 Å². The first-order valence-corrected chi connectivity index (χ1v) is 11.1. The van der Waals surface area contributed by atoms with Crippen LogP contribution in [0.2, 0.25) is 0 Å². The minimum atomic E-state index is -0.103. The molecule has 4 aromatic rings. The predicted molar refractivity (Wildman–Crippen MR) is 129 cm³/mol.